The van der Waals surface area contributed by atoms with Crippen molar-refractivity contribution < 1.29 is 14.2 Å². The molecule has 158 valence electrons. The Morgan fingerprint density at radius 1 is 1.03 bits per heavy atom. The van der Waals surface area contributed by atoms with E-state index in [0.717, 1.165) is 15.6 Å². The standard InChI is InChI=1S/C23H24BrClN2O3/c1-2-28-21-14-17(15-26-11-12-29-22-9-5-6-10-27-22)13-19(24)23(21)30-16-18-7-3-4-8-20(18)25/h3-10,13-14,26H,2,11-12,15-16H2,1H3. The maximum absolute atomic E-state index is 6.23. The van der Waals surface area contributed by atoms with Gasteiger partial charge in [-0.05, 0) is 52.7 Å². The average Bonchev–Trinajstić information content (AvgIpc) is 2.75. The molecule has 1 heterocycles. The topological polar surface area (TPSA) is 52.6 Å². The summed E-state index contributed by atoms with van der Waals surface area (Å²) in [7, 11) is 0. The van der Waals surface area contributed by atoms with E-state index in [1.54, 1.807) is 6.20 Å². The van der Waals surface area contributed by atoms with Crippen molar-refractivity contribution in [3.63, 3.8) is 0 Å². The van der Waals surface area contributed by atoms with Crippen LogP contribution in [0.1, 0.15) is 18.1 Å². The maximum Gasteiger partial charge on any atom is 0.213 e. The van der Waals surface area contributed by atoms with Crippen LogP contribution in [0.5, 0.6) is 17.4 Å². The molecule has 1 N–H and O–H groups in total. The molecule has 0 radical (unpaired) electrons. The molecule has 1 aromatic heterocycles. The Morgan fingerprint density at radius 2 is 1.87 bits per heavy atom. The Bertz CT molecular complexity index is 941. The van der Waals surface area contributed by atoms with Gasteiger partial charge in [0.15, 0.2) is 11.5 Å². The van der Waals surface area contributed by atoms with Crippen molar-refractivity contribution in [2.24, 2.45) is 0 Å². The third-order valence-corrected chi connectivity index (χ3v) is 5.15. The largest absolute Gasteiger partial charge is 0.490 e. The summed E-state index contributed by atoms with van der Waals surface area (Å²) in [5, 5.41) is 4.05. The van der Waals surface area contributed by atoms with E-state index in [1.165, 1.54) is 0 Å². The van der Waals surface area contributed by atoms with E-state index in [2.05, 4.69) is 26.2 Å². The van der Waals surface area contributed by atoms with Crippen molar-refractivity contribution in [3.05, 3.63) is 81.4 Å². The monoisotopic (exact) mass is 490 g/mol. The minimum Gasteiger partial charge on any atom is -0.490 e. The fraction of sp³-hybridized carbons (Fsp3) is 0.261. The van der Waals surface area contributed by atoms with Crippen molar-refractivity contribution in [2.75, 3.05) is 19.8 Å². The number of benzene rings is 2. The number of pyridine rings is 1. The summed E-state index contributed by atoms with van der Waals surface area (Å²) in [5.41, 5.74) is 2.00. The number of halogens is 2. The summed E-state index contributed by atoms with van der Waals surface area (Å²) in [4.78, 5) is 4.14. The second-order valence-corrected chi connectivity index (χ2v) is 7.67. The molecule has 0 bridgehead atoms. The van der Waals surface area contributed by atoms with Gasteiger partial charge in [0.1, 0.15) is 13.2 Å². The molecule has 0 atom stereocenters. The van der Waals surface area contributed by atoms with Gasteiger partial charge in [-0.3, -0.25) is 0 Å². The van der Waals surface area contributed by atoms with Gasteiger partial charge in [0.2, 0.25) is 5.88 Å². The number of aromatic nitrogens is 1. The van der Waals surface area contributed by atoms with Crippen LogP contribution >= 0.6 is 27.5 Å². The number of nitrogens with one attached hydrogen (secondary N) is 1. The molecule has 0 fully saturated rings. The van der Waals surface area contributed by atoms with Gasteiger partial charge < -0.3 is 19.5 Å². The number of hydrogen-bond acceptors (Lipinski definition) is 5. The predicted molar refractivity (Wildman–Crippen MR) is 123 cm³/mol. The SMILES string of the molecule is CCOc1cc(CNCCOc2ccccn2)cc(Br)c1OCc1ccccc1Cl. The van der Waals surface area contributed by atoms with Gasteiger partial charge in [-0.15, -0.1) is 0 Å². The quantitative estimate of drug-likeness (QED) is 0.352. The van der Waals surface area contributed by atoms with Gasteiger partial charge in [0.05, 0.1) is 11.1 Å². The van der Waals surface area contributed by atoms with Crippen LogP contribution in [-0.2, 0) is 13.2 Å². The lowest BCUT2D eigenvalue weighted by Gasteiger charge is -2.16. The zero-order valence-electron chi connectivity index (χ0n) is 16.7. The molecular formula is C23H24BrClN2O3. The molecular weight excluding hydrogens is 468 g/mol. The molecule has 0 spiro atoms. The van der Waals surface area contributed by atoms with Crippen LogP contribution < -0.4 is 19.5 Å². The third-order valence-electron chi connectivity index (χ3n) is 4.19. The van der Waals surface area contributed by atoms with Crippen molar-refractivity contribution >= 4 is 27.5 Å². The molecule has 2 aromatic carbocycles. The smallest absolute Gasteiger partial charge is 0.213 e. The molecule has 0 amide bonds. The summed E-state index contributed by atoms with van der Waals surface area (Å²) in [6.45, 7) is 4.77. The first-order chi connectivity index (χ1) is 14.7. The van der Waals surface area contributed by atoms with Crippen molar-refractivity contribution in [3.8, 4) is 17.4 Å². The van der Waals surface area contributed by atoms with E-state index < -0.39 is 0 Å². The number of nitrogens with zero attached hydrogens (tertiary/aromatic N) is 1. The van der Waals surface area contributed by atoms with E-state index in [9.17, 15) is 0 Å². The van der Waals surface area contributed by atoms with Gasteiger partial charge in [-0.25, -0.2) is 4.98 Å². The first-order valence-corrected chi connectivity index (χ1v) is 10.9. The highest BCUT2D eigenvalue weighted by atomic mass is 79.9. The van der Waals surface area contributed by atoms with Crippen LogP contribution in [0.15, 0.2) is 65.3 Å². The van der Waals surface area contributed by atoms with Gasteiger partial charge in [0.25, 0.3) is 0 Å². The lowest BCUT2D eigenvalue weighted by atomic mass is 10.2. The maximum atomic E-state index is 6.23. The lowest BCUT2D eigenvalue weighted by molar-refractivity contribution is 0.267. The Balaban J connectivity index is 1.57. The van der Waals surface area contributed by atoms with Crippen LogP contribution in [-0.4, -0.2) is 24.7 Å². The molecule has 7 heteroatoms. The van der Waals surface area contributed by atoms with Gasteiger partial charge in [-0.1, -0.05) is 35.9 Å². The summed E-state index contributed by atoms with van der Waals surface area (Å²) in [5.74, 6) is 1.99. The molecule has 3 aromatic rings. The first-order valence-electron chi connectivity index (χ1n) is 9.73. The van der Waals surface area contributed by atoms with E-state index in [-0.39, 0.29) is 0 Å². The van der Waals surface area contributed by atoms with Crippen molar-refractivity contribution in [1.29, 1.82) is 0 Å². The van der Waals surface area contributed by atoms with E-state index in [4.69, 9.17) is 25.8 Å². The zero-order chi connectivity index (χ0) is 21.2. The molecule has 0 saturated heterocycles. The zero-order valence-corrected chi connectivity index (χ0v) is 19.1. The van der Waals surface area contributed by atoms with Crippen LogP contribution in [0.4, 0.5) is 0 Å². The summed E-state index contributed by atoms with van der Waals surface area (Å²) < 4.78 is 18.3. The Hall–Kier alpha value is -2.28. The molecule has 0 aliphatic heterocycles. The Labute approximate surface area is 190 Å². The first kappa shape index (κ1) is 22.4. The minimum absolute atomic E-state index is 0.362. The second kappa shape index (κ2) is 11.8. The molecule has 30 heavy (non-hydrogen) atoms. The minimum atomic E-state index is 0.362. The van der Waals surface area contributed by atoms with Gasteiger partial charge in [0, 0.05) is 35.9 Å². The lowest BCUT2D eigenvalue weighted by Crippen LogP contribution is -2.20. The highest BCUT2D eigenvalue weighted by Crippen LogP contribution is 2.37. The third kappa shape index (κ3) is 6.62. The highest BCUT2D eigenvalue weighted by molar-refractivity contribution is 9.10. The average molecular weight is 492 g/mol. The summed E-state index contributed by atoms with van der Waals surface area (Å²) in [6.07, 6.45) is 1.71. The normalized spacial score (nSPS) is 10.6. The molecule has 0 saturated carbocycles. The fourth-order valence-corrected chi connectivity index (χ4v) is 3.58. The second-order valence-electron chi connectivity index (χ2n) is 6.41. The van der Waals surface area contributed by atoms with E-state index >= 15 is 0 Å². The van der Waals surface area contributed by atoms with Crippen molar-refractivity contribution in [1.82, 2.24) is 10.3 Å². The summed E-state index contributed by atoms with van der Waals surface area (Å²) >= 11 is 9.85. The van der Waals surface area contributed by atoms with Crippen LogP contribution in [0.3, 0.4) is 0 Å². The number of ether oxygens (including phenoxy) is 3. The fourth-order valence-electron chi connectivity index (χ4n) is 2.78. The molecule has 0 aliphatic rings. The van der Waals surface area contributed by atoms with Crippen molar-refractivity contribution in [2.45, 2.75) is 20.1 Å². The molecule has 3 rings (SSSR count). The highest BCUT2D eigenvalue weighted by Gasteiger charge is 2.13. The predicted octanol–water partition coefficient (Wildman–Crippen LogP) is 5.64. The Kier molecular flexibility index (Phi) is 8.81. The Morgan fingerprint density at radius 3 is 2.63 bits per heavy atom. The molecule has 0 aliphatic carbocycles. The van der Waals surface area contributed by atoms with Gasteiger partial charge in [-0.2, -0.15) is 0 Å². The van der Waals surface area contributed by atoms with Crippen LogP contribution in [0.25, 0.3) is 0 Å². The van der Waals surface area contributed by atoms with E-state index in [1.807, 2.05) is 61.5 Å². The number of hydrogen-bond donors (Lipinski definition) is 1. The summed E-state index contributed by atoms with van der Waals surface area (Å²) in [6, 6.07) is 17.3. The van der Waals surface area contributed by atoms with Gasteiger partial charge >= 0.3 is 0 Å². The van der Waals surface area contributed by atoms with E-state index in [0.29, 0.717) is 55.3 Å². The van der Waals surface area contributed by atoms with Crippen LogP contribution in [0.2, 0.25) is 5.02 Å². The number of rotatable bonds is 11. The molecule has 5 nitrogen and oxygen atoms in total. The molecule has 0 unspecified atom stereocenters. The van der Waals surface area contributed by atoms with Crippen LogP contribution in [0, 0.1) is 0 Å².